The lowest BCUT2D eigenvalue weighted by atomic mass is 10.1. The predicted molar refractivity (Wildman–Crippen MR) is 99.7 cm³/mol. The van der Waals surface area contributed by atoms with E-state index < -0.39 is 0 Å². The number of hydrogen-bond donors (Lipinski definition) is 1. The normalized spacial score (nSPS) is 20.0. The van der Waals surface area contributed by atoms with Gasteiger partial charge < -0.3 is 14.7 Å². The topological polar surface area (TPSA) is 91.6 Å². The summed E-state index contributed by atoms with van der Waals surface area (Å²) in [5.41, 5.74) is 0. The number of piperazine rings is 1. The van der Waals surface area contributed by atoms with Crippen molar-refractivity contribution in [3.63, 3.8) is 0 Å². The van der Waals surface area contributed by atoms with Crippen molar-refractivity contribution >= 4 is 11.8 Å². The zero-order valence-electron chi connectivity index (χ0n) is 16.4. The first kappa shape index (κ1) is 19.8. The van der Waals surface area contributed by atoms with Gasteiger partial charge in [-0.05, 0) is 19.8 Å². The standard InChI is InChI=1S/C19H31N5O3/c1-3-17-21-16(22-27-17)13-23-8-10-24(11-9-23)18(25)12-14(2)20-19(26)15-6-4-5-7-15/h14-15H,3-13H2,1-2H3,(H,20,26). The van der Waals surface area contributed by atoms with Crippen LogP contribution in [0.2, 0.25) is 0 Å². The van der Waals surface area contributed by atoms with Crippen LogP contribution in [0.25, 0.3) is 0 Å². The number of aromatic nitrogens is 2. The SMILES string of the molecule is CCc1nc(CN2CCN(C(=O)CC(C)NC(=O)C3CCCC3)CC2)no1. The number of nitrogens with zero attached hydrogens (tertiary/aromatic N) is 4. The Morgan fingerprint density at radius 2 is 1.93 bits per heavy atom. The van der Waals surface area contributed by atoms with Crippen molar-refractivity contribution in [1.29, 1.82) is 0 Å². The maximum atomic E-state index is 12.5. The van der Waals surface area contributed by atoms with Crippen molar-refractivity contribution in [2.45, 2.75) is 65.0 Å². The molecule has 0 radical (unpaired) electrons. The third-order valence-corrected chi connectivity index (χ3v) is 5.50. The lowest BCUT2D eigenvalue weighted by molar-refractivity contribution is -0.133. The number of rotatable bonds is 7. The maximum Gasteiger partial charge on any atom is 0.226 e. The van der Waals surface area contributed by atoms with Crippen molar-refractivity contribution in [3.05, 3.63) is 11.7 Å². The van der Waals surface area contributed by atoms with Crippen LogP contribution in [0.1, 0.15) is 57.7 Å². The molecule has 1 unspecified atom stereocenters. The van der Waals surface area contributed by atoms with Gasteiger partial charge in [-0.2, -0.15) is 4.98 Å². The molecule has 150 valence electrons. The van der Waals surface area contributed by atoms with Gasteiger partial charge in [0.2, 0.25) is 17.7 Å². The fourth-order valence-electron chi connectivity index (χ4n) is 3.84. The largest absolute Gasteiger partial charge is 0.353 e. The Kier molecular flexibility index (Phi) is 6.82. The fourth-order valence-corrected chi connectivity index (χ4v) is 3.84. The van der Waals surface area contributed by atoms with E-state index in [-0.39, 0.29) is 23.8 Å². The lowest BCUT2D eigenvalue weighted by Crippen LogP contribution is -2.49. The molecule has 1 aromatic heterocycles. The second-order valence-corrected chi connectivity index (χ2v) is 7.71. The number of amides is 2. The van der Waals surface area contributed by atoms with Gasteiger partial charge in [0.15, 0.2) is 5.82 Å². The Morgan fingerprint density at radius 1 is 1.22 bits per heavy atom. The molecule has 1 saturated heterocycles. The highest BCUT2D eigenvalue weighted by atomic mass is 16.5. The van der Waals surface area contributed by atoms with Crippen molar-refractivity contribution < 1.29 is 14.1 Å². The Hall–Kier alpha value is -1.96. The molecular formula is C19H31N5O3. The Morgan fingerprint density at radius 3 is 2.56 bits per heavy atom. The molecule has 1 aliphatic carbocycles. The van der Waals surface area contributed by atoms with E-state index in [1.54, 1.807) is 0 Å². The molecule has 27 heavy (non-hydrogen) atoms. The summed E-state index contributed by atoms with van der Waals surface area (Å²) in [6.45, 7) is 7.54. The number of carbonyl (C=O) groups is 2. The molecular weight excluding hydrogens is 346 g/mol. The van der Waals surface area contributed by atoms with Crippen molar-refractivity contribution in [2.75, 3.05) is 26.2 Å². The van der Waals surface area contributed by atoms with Crippen LogP contribution in [0.4, 0.5) is 0 Å². The smallest absolute Gasteiger partial charge is 0.226 e. The van der Waals surface area contributed by atoms with Crippen molar-refractivity contribution in [2.24, 2.45) is 5.92 Å². The van der Waals surface area contributed by atoms with Gasteiger partial charge in [0.25, 0.3) is 0 Å². The summed E-state index contributed by atoms with van der Waals surface area (Å²) in [5, 5.41) is 7.00. The van der Waals surface area contributed by atoms with Gasteiger partial charge in [0, 0.05) is 51.0 Å². The van der Waals surface area contributed by atoms with E-state index in [1.807, 2.05) is 18.7 Å². The Labute approximate surface area is 160 Å². The van der Waals surface area contributed by atoms with Gasteiger partial charge >= 0.3 is 0 Å². The average molecular weight is 377 g/mol. The number of aryl methyl sites for hydroxylation is 1. The summed E-state index contributed by atoms with van der Waals surface area (Å²) in [6, 6.07) is -0.115. The first-order valence-electron chi connectivity index (χ1n) is 10.2. The molecule has 2 amide bonds. The molecule has 0 spiro atoms. The summed E-state index contributed by atoms with van der Waals surface area (Å²) in [7, 11) is 0. The summed E-state index contributed by atoms with van der Waals surface area (Å²) in [4.78, 5) is 33.2. The van der Waals surface area contributed by atoms with Gasteiger partial charge in [-0.1, -0.05) is 24.9 Å². The summed E-state index contributed by atoms with van der Waals surface area (Å²) < 4.78 is 5.14. The van der Waals surface area contributed by atoms with E-state index >= 15 is 0 Å². The van der Waals surface area contributed by atoms with Crippen LogP contribution < -0.4 is 5.32 Å². The lowest BCUT2D eigenvalue weighted by Gasteiger charge is -2.34. The highest BCUT2D eigenvalue weighted by Crippen LogP contribution is 2.24. The molecule has 2 aliphatic rings. The molecule has 8 heteroatoms. The predicted octanol–water partition coefficient (Wildman–Crippen LogP) is 1.36. The third kappa shape index (κ3) is 5.51. The Balaban J connectivity index is 1.38. The molecule has 8 nitrogen and oxygen atoms in total. The van der Waals surface area contributed by atoms with Gasteiger partial charge in [-0.15, -0.1) is 0 Å². The molecule has 3 rings (SSSR count). The van der Waals surface area contributed by atoms with Crippen molar-refractivity contribution in [1.82, 2.24) is 25.3 Å². The van der Waals surface area contributed by atoms with Gasteiger partial charge in [-0.25, -0.2) is 0 Å². The summed E-state index contributed by atoms with van der Waals surface area (Å²) in [6.07, 6.45) is 5.34. The van der Waals surface area contributed by atoms with Crippen LogP contribution >= 0.6 is 0 Å². The second kappa shape index (κ2) is 9.30. The first-order valence-corrected chi connectivity index (χ1v) is 10.2. The average Bonchev–Trinajstić information content (AvgIpc) is 3.34. The molecule has 1 aromatic rings. The van der Waals surface area contributed by atoms with Crippen LogP contribution in [-0.2, 0) is 22.6 Å². The molecule has 2 heterocycles. The highest BCUT2D eigenvalue weighted by molar-refractivity contribution is 5.81. The molecule has 0 bridgehead atoms. The van der Waals surface area contributed by atoms with Gasteiger partial charge in [0.1, 0.15) is 0 Å². The van der Waals surface area contributed by atoms with E-state index in [2.05, 4.69) is 20.4 Å². The van der Waals surface area contributed by atoms with Crippen LogP contribution in [0.5, 0.6) is 0 Å². The minimum atomic E-state index is -0.115. The maximum absolute atomic E-state index is 12.5. The van der Waals surface area contributed by atoms with Crippen LogP contribution in [0.3, 0.4) is 0 Å². The second-order valence-electron chi connectivity index (χ2n) is 7.71. The highest BCUT2D eigenvalue weighted by Gasteiger charge is 2.26. The Bertz CT molecular complexity index is 633. The summed E-state index contributed by atoms with van der Waals surface area (Å²) >= 11 is 0. The van der Waals surface area contributed by atoms with Crippen LogP contribution in [0.15, 0.2) is 4.52 Å². The number of hydrogen-bond acceptors (Lipinski definition) is 6. The minimum Gasteiger partial charge on any atom is -0.353 e. The minimum absolute atomic E-state index is 0.113. The van der Waals surface area contributed by atoms with E-state index in [1.165, 1.54) is 0 Å². The third-order valence-electron chi connectivity index (χ3n) is 5.50. The number of carbonyl (C=O) groups excluding carboxylic acids is 2. The van der Waals surface area contributed by atoms with Crippen LogP contribution in [0, 0.1) is 5.92 Å². The van der Waals surface area contributed by atoms with E-state index in [9.17, 15) is 9.59 Å². The number of nitrogens with one attached hydrogen (secondary N) is 1. The zero-order chi connectivity index (χ0) is 19.2. The fraction of sp³-hybridized carbons (Fsp3) is 0.789. The monoisotopic (exact) mass is 377 g/mol. The van der Waals surface area contributed by atoms with E-state index in [4.69, 9.17) is 4.52 Å². The molecule has 1 N–H and O–H groups in total. The van der Waals surface area contributed by atoms with E-state index in [0.29, 0.717) is 37.8 Å². The summed E-state index contributed by atoms with van der Waals surface area (Å²) in [5.74, 6) is 1.73. The first-order chi connectivity index (χ1) is 13.0. The molecule has 0 aromatic carbocycles. The zero-order valence-corrected chi connectivity index (χ0v) is 16.4. The van der Waals surface area contributed by atoms with E-state index in [0.717, 1.165) is 45.2 Å². The quantitative estimate of drug-likeness (QED) is 0.771. The van der Waals surface area contributed by atoms with Gasteiger partial charge in [-0.3, -0.25) is 14.5 Å². The van der Waals surface area contributed by atoms with Gasteiger partial charge in [0.05, 0.1) is 6.54 Å². The molecule has 1 atom stereocenters. The van der Waals surface area contributed by atoms with Crippen molar-refractivity contribution in [3.8, 4) is 0 Å². The molecule has 1 aliphatic heterocycles. The molecule has 2 fully saturated rings. The van der Waals surface area contributed by atoms with Crippen LogP contribution in [-0.4, -0.2) is 64.0 Å². The molecule has 1 saturated carbocycles.